The van der Waals surface area contributed by atoms with Crippen molar-refractivity contribution in [1.29, 1.82) is 0 Å². The zero-order chi connectivity index (χ0) is 9.10. The first-order chi connectivity index (χ1) is 6.36. The van der Waals surface area contributed by atoms with Gasteiger partial charge in [-0.2, -0.15) is 4.89 Å². The molecule has 1 aromatic carbocycles. The molecule has 1 atom stereocenters. The van der Waals surface area contributed by atoms with Crippen molar-refractivity contribution in [3.05, 3.63) is 29.8 Å². The third-order valence-electron chi connectivity index (χ3n) is 1.98. The lowest BCUT2D eigenvalue weighted by molar-refractivity contribution is -0.551. The molecule has 13 heavy (non-hydrogen) atoms. The number of nitrogen functional groups attached to an aromatic ring is 1. The van der Waals surface area contributed by atoms with Crippen LogP contribution in [0.25, 0.3) is 0 Å². The van der Waals surface area contributed by atoms with E-state index >= 15 is 0 Å². The highest BCUT2D eigenvalue weighted by atomic mass is 17.5. The van der Waals surface area contributed by atoms with Crippen molar-refractivity contribution in [3.63, 3.8) is 0 Å². The van der Waals surface area contributed by atoms with Gasteiger partial charge in [0.2, 0.25) is 0 Å². The van der Waals surface area contributed by atoms with Gasteiger partial charge in [-0.25, -0.2) is 4.89 Å². The summed E-state index contributed by atoms with van der Waals surface area (Å²) in [7, 11) is 0. The number of anilines is 1. The third-order valence-corrected chi connectivity index (χ3v) is 1.98. The van der Waals surface area contributed by atoms with Crippen molar-refractivity contribution in [2.45, 2.75) is 12.5 Å². The Morgan fingerprint density at radius 1 is 1.23 bits per heavy atom. The molecule has 1 aliphatic heterocycles. The van der Waals surface area contributed by atoms with Crippen molar-refractivity contribution in [1.82, 2.24) is 0 Å². The standard InChI is InChI=1S/C9H11NO3/c10-8-3-1-7(2-4-8)9-5-6-11-13-12-9/h1-4,9H,5-6,10H2. The number of rotatable bonds is 1. The van der Waals surface area contributed by atoms with Gasteiger partial charge in [0.25, 0.3) is 0 Å². The van der Waals surface area contributed by atoms with Crippen LogP contribution < -0.4 is 5.73 Å². The summed E-state index contributed by atoms with van der Waals surface area (Å²) in [6.07, 6.45) is 0.749. The molecule has 1 saturated heterocycles. The smallest absolute Gasteiger partial charge is 0.123 e. The van der Waals surface area contributed by atoms with Crippen LogP contribution in [0, 0.1) is 0 Å². The van der Waals surface area contributed by atoms with Crippen molar-refractivity contribution >= 4 is 5.69 Å². The molecule has 0 saturated carbocycles. The fraction of sp³-hybridized carbons (Fsp3) is 0.333. The summed E-state index contributed by atoms with van der Waals surface area (Å²) in [5, 5.41) is 4.44. The Morgan fingerprint density at radius 3 is 2.62 bits per heavy atom. The molecule has 2 rings (SSSR count). The zero-order valence-corrected chi connectivity index (χ0v) is 7.10. The highest BCUT2D eigenvalue weighted by Crippen LogP contribution is 2.25. The van der Waals surface area contributed by atoms with Crippen LogP contribution in [-0.2, 0) is 14.8 Å². The summed E-state index contributed by atoms with van der Waals surface area (Å²) >= 11 is 0. The SMILES string of the molecule is Nc1ccc(C2CCOOO2)cc1. The minimum atomic E-state index is -0.0469. The van der Waals surface area contributed by atoms with E-state index < -0.39 is 0 Å². The minimum absolute atomic E-state index is 0.0469. The number of hydrogen-bond donors (Lipinski definition) is 1. The van der Waals surface area contributed by atoms with Crippen LogP contribution in [0.15, 0.2) is 24.3 Å². The fourth-order valence-corrected chi connectivity index (χ4v) is 1.25. The van der Waals surface area contributed by atoms with Crippen molar-refractivity contribution in [3.8, 4) is 0 Å². The first kappa shape index (κ1) is 8.50. The van der Waals surface area contributed by atoms with Gasteiger partial charge in [-0.1, -0.05) is 17.2 Å². The van der Waals surface area contributed by atoms with Gasteiger partial charge in [0.05, 0.1) is 6.61 Å². The Bertz CT molecular complexity index is 267. The summed E-state index contributed by atoms with van der Waals surface area (Å²) in [6.45, 7) is 0.551. The molecule has 70 valence electrons. The molecule has 1 aromatic rings. The minimum Gasteiger partial charge on any atom is -0.399 e. The maximum absolute atomic E-state index is 5.56. The second-order valence-corrected chi connectivity index (χ2v) is 2.93. The molecule has 0 radical (unpaired) electrons. The Kier molecular flexibility index (Phi) is 2.44. The Hall–Kier alpha value is -1.10. The van der Waals surface area contributed by atoms with Gasteiger partial charge in [0.1, 0.15) is 6.10 Å². The van der Waals surface area contributed by atoms with Crippen LogP contribution in [0.3, 0.4) is 0 Å². The Morgan fingerprint density at radius 2 is 2.00 bits per heavy atom. The molecule has 2 N–H and O–H groups in total. The molecule has 0 aliphatic carbocycles. The molecule has 0 bridgehead atoms. The monoisotopic (exact) mass is 181 g/mol. The van der Waals surface area contributed by atoms with Gasteiger partial charge < -0.3 is 5.73 Å². The summed E-state index contributed by atoms with van der Waals surface area (Å²) < 4.78 is 0. The molecule has 0 aromatic heterocycles. The fourth-order valence-electron chi connectivity index (χ4n) is 1.25. The Labute approximate surface area is 76.1 Å². The van der Waals surface area contributed by atoms with E-state index in [4.69, 9.17) is 10.6 Å². The molecular formula is C9H11NO3. The van der Waals surface area contributed by atoms with Crippen LogP contribution >= 0.6 is 0 Å². The maximum Gasteiger partial charge on any atom is 0.123 e. The highest BCUT2D eigenvalue weighted by Gasteiger charge is 2.17. The molecule has 0 amide bonds. The van der Waals surface area contributed by atoms with E-state index in [1.165, 1.54) is 0 Å². The molecule has 4 heteroatoms. The van der Waals surface area contributed by atoms with Crippen LogP contribution in [0.5, 0.6) is 0 Å². The largest absolute Gasteiger partial charge is 0.399 e. The van der Waals surface area contributed by atoms with Crippen LogP contribution in [0.2, 0.25) is 0 Å². The highest BCUT2D eigenvalue weighted by molar-refractivity contribution is 5.39. The van der Waals surface area contributed by atoms with E-state index in [2.05, 4.69) is 9.93 Å². The van der Waals surface area contributed by atoms with Gasteiger partial charge in [-0.15, -0.1) is 0 Å². The van der Waals surface area contributed by atoms with Crippen molar-refractivity contribution in [2.75, 3.05) is 12.3 Å². The van der Waals surface area contributed by atoms with E-state index in [1.54, 1.807) is 0 Å². The number of nitrogens with two attached hydrogens (primary N) is 1. The molecule has 0 spiro atoms. The van der Waals surface area contributed by atoms with Crippen molar-refractivity contribution in [2.24, 2.45) is 0 Å². The lowest BCUT2D eigenvalue weighted by Gasteiger charge is -2.20. The predicted molar refractivity (Wildman–Crippen MR) is 46.3 cm³/mol. The summed E-state index contributed by atoms with van der Waals surface area (Å²) in [6, 6.07) is 7.53. The lowest BCUT2D eigenvalue weighted by atomic mass is 10.1. The number of hydrogen-bond acceptors (Lipinski definition) is 4. The normalized spacial score (nSPS) is 22.9. The summed E-state index contributed by atoms with van der Waals surface area (Å²) in [5.74, 6) is 0. The topological polar surface area (TPSA) is 53.7 Å². The van der Waals surface area contributed by atoms with Gasteiger partial charge in [-0.05, 0) is 17.7 Å². The average molecular weight is 181 g/mol. The predicted octanol–water partition coefficient (Wildman–Crippen LogP) is 1.59. The first-order valence-electron chi connectivity index (χ1n) is 4.16. The van der Waals surface area contributed by atoms with E-state index in [0.29, 0.717) is 6.61 Å². The van der Waals surface area contributed by atoms with E-state index in [9.17, 15) is 0 Å². The van der Waals surface area contributed by atoms with E-state index in [1.807, 2.05) is 24.3 Å². The molecular weight excluding hydrogens is 170 g/mol. The van der Waals surface area contributed by atoms with E-state index in [-0.39, 0.29) is 6.10 Å². The van der Waals surface area contributed by atoms with Crippen molar-refractivity contribution < 1.29 is 14.8 Å². The molecule has 1 fully saturated rings. The van der Waals surface area contributed by atoms with Gasteiger partial charge >= 0.3 is 0 Å². The lowest BCUT2D eigenvalue weighted by Crippen LogP contribution is -2.15. The first-order valence-corrected chi connectivity index (χ1v) is 4.16. The molecule has 4 nitrogen and oxygen atoms in total. The molecule has 1 aliphatic rings. The summed E-state index contributed by atoms with van der Waals surface area (Å²) in [5.41, 5.74) is 7.36. The average Bonchev–Trinajstić information content (AvgIpc) is 2.20. The van der Waals surface area contributed by atoms with Crippen LogP contribution in [0.4, 0.5) is 5.69 Å². The second kappa shape index (κ2) is 3.74. The molecule has 1 unspecified atom stereocenters. The quantitative estimate of drug-likeness (QED) is 0.528. The zero-order valence-electron chi connectivity index (χ0n) is 7.10. The maximum atomic E-state index is 5.56. The van der Waals surface area contributed by atoms with Gasteiger partial charge in [0.15, 0.2) is 0 Å². The molecule has 1 heterocycles. The third kappa shape index (κ3) is 1.98. The second-order valence-electron chi connectivity index (χ2n) is 2.93. The van der Waals surface area contributed by atoms with Gasteiger partial charge in [0, 0.05) is 12.1 Å². The number of benzene rings is 1. The van der Waals surface area contributed by atoms with Crippen LogP contribution in [-0.4, -0.2) is 6.61 Å². The van der Waals surface area contributed by atoms with Crippen LogP contribution in [0.1, 0.15) is 18.1 Å². The van der Waals surface area contributed by atoms with Gasteiger partial charge in [-0.3, -0.25) is 0 Å². The Balaban J connectivity index is 2.10. The summed E-state index contributed by atoms with van der Waals surface area (Å²) in [4.78, 5) is 9.54. The van der Waals surface area contributed by atoms with E-state index in [0.717, 1.165) is 17.7 Å².